The summed E-state index contributed by atoms with van der Waals surface area (Å²) in [6.45, 7) is 2.40. The molecule has 0 saturated carbocycles. The van der Waals surface area contributed by atoms with Gasteiger partial charge in [-0.3, -0.25) is 4.79 Å². The van der Waals surface area contributed by atoms with Gasteiger partial charge in [0, 0.05) is 29.3 Å². The summed E-state index contributed by atoms with van der Waals surface area (Å²) in [5.41, 5.74) is 6.40. The van der Waals surface area contributed by atoms with Crippen molar-refractivity contribution in [2.75, 3.05) is 13.7 Å². The number of ether oxygens (including phenoxy) is 2. The summed E-state index contributed by atoms with van der Waals surface area (Å²) in [4.78, 5) is 11.1. The van der Waals surface area contributed by atoms with Crippen molar-refractivity contribution in [2.45, 2.75) is 13.2 Å². The topological polar surface area (TPSA) is 61.6 Å². The molecule has 0 aliphatic carbocycles. The van der Waals surface area contributed by atoms with Gasteiger partial charge >= 0.3 is 0 Å². The highest BCUT2D eigenvalue weighted by Crippen LogP contribution is 2.23. The highest BCUT2D eigenvalue weighted by atomic mass is 79.9. The minimum atomic E-state index is -0.486. The fourth-order valence-corrected chi connectivity index (χ4v) is 1.85. The van der Waals surface area contributed by atoms with Crippen LogP contribution in [0.2, 0.25) is 0 Å². The predicted octanol–water partition coefficient (Wildman–Crippen LogP) is 2.23. The van der Waals surface area contributed by atoms with E-state index in [4.69, 9.17) is 15.2 Å². The van der Waals surface area contributed by atoms with Gasteiger partial charge in [0.25, 0.3) is 0 Å². The van der Waals surface area contributed by atoms with Crippen LogP contribution in [-0.2, 0) is 9.47 Å². The molecule has 4 nitrogen and oxygen atoms in total. The number of methoxy groups -OCH3 is 1. The molecule has 2 N–H and O–H groups in total. The summed E-state index contributed by atoms with van der Waals surface area (Å²) in [5.74, 6) is -0.478. The lowest BCUT2D eigenvalue weighted by molar-refractivity contribution is -0.124. The first-order chi connectivity index (χ1) is 7.58. The van der Waals surface area contributed by atoms with Crippen LogP contribution in [0.1, 0.15) is 29.1 Å². The van der Waals surface area contributed by atoms with Crippen molar-refractivity contribution in [3.8, 4) is 0 Å². The molecular weight excluding hydrogens is 274 g/mol. The molecule has 0 aliphatic rings. The van der Waals surface area contributed by atoms with Crippen LogP contribution in [0.15, 0.2) is 22.7 Å². The van der Waals surface area contributed by atoms with Crippen LogP contribution in [0.4, 0.5) is 0 Å². The van der Waals surface area contributed by atoms with E-state index in [0.717, 1.165) is 10.0 Å². The van der Waals surface area contributed by atoms with Crippen molar-refractivity contribution in [2.24, 2.45) is 5.73 Å². The summed E-state index contributed by atoms with van der Waals surface area (Å²) in [6, 6.07) is 5.15. The number of halogens is 1. The van der Waals surface area contributed by atoms with Gasteiger partial charge in [0.15, 0.2) is 6.29 Å². The van der Waals surface area contributed by atoms with Crippen molar-refractivity contribution in [3.05, 3.63) is 33.8 Å². The molecule has 0 spiro atoms. The van der Waals surface area contributed by atoms with E-state index in [1.165, 1.54) is 0 Å². The minimum absolute atomic E-state index is 0.422. The first kappa shape index (κ1) is 13.2. The molecule has 1 amide bonds. The Morgan fingerprint density at radius 3 is 2.69 bits per heavy atom. The van der Waals surface area contributed by atoms with E-state index in [-0.39, 0.29) is 0 Å². The smallest absolute Gasteiger partial charge is 0.248 e. The molecule has 1 atom stereocenters. The number of primary amides is 1. The van der Waals surface area contributed by atoms with E-state index in [1.807, 2.05) is 13.0 Å². The van der Waals surface area contributed by atoms with Crippen molar-refractivity contribution in [1.29, 1.82) is 0 Å². The lowest BCUT2D eigenvalue weighted by Crippen LogP contribution is -2.13. The van der Waals surface area contributed by atoms with Crippen LogP contribution in [0, 0.1) is 0 Å². The van der Waals surface area contributed by atoms with Crippen molar-refractivity contribution >= 4 is 21.8 Å². The fraction of sp³-hybridized carbons (Fsp3) is 0.364. The zero-order chi connectivity index (χ0) is 12.1. The third-order valence-electron chi connectivity index (χ3n) is 2.01. The molecule has 1 aromatic carbocycles. The summed E-state index contributed by atoms with van der Waals surface area (Å²) >= 11 is 3.31. The SMILES string of the molecule is CCOC(OC)c1cc(Br)cc(C(N)=O)c1. The highest BCUT2D eigenvalue weighted by molar-refractivity contribution is 9.10. The number of rotatable bonds is 5. The molecule has 1 rings (SSSR count). The van der Waals surface area contributed by atoms with Gasteiger partial charge in [-0.1, -0.05) is 15.9 Å². The first-order valence-corrected chi connectivity index (χ1v) is 5.62. The molecule has 0 heterocycles. The summed E-state index contributed by atoms with van der Waals surface area (Å²) in [7, 11) is 1.55. The van der Waals surface area contributed by atoms with Crippen LogP contribution in [-0.4, -0.2) is 19.6 Å². The molecule has 0 aromatic heterocycles. The number of carbonyl (C=O) groups excluding carboxylic acids is 1. The van der Waals surface area contributed by atoms with Gasteiger partial charge in [0.2, 0.25) is 5.91 Å². The Kier molecular flexibility index (Phi) is 4.92. The molecule has 0 saturated heterocycles. The minimum Gasteiger partial charge on any atom is -0.366 e. The standard InChI is InChI=1S/C11H14BrNO3/c1-3-16-11(15-2)8-4-7(10(13)14)5-9(12)6-8/h4-6,11H,3H2,1-2H3,(H2,13,14). The van der Waals surface area contributed by atoms with Crippen molar-refractivity contribution < 1.29 is 14.3 Å². The van der Waals surface area contributed by atoms with Crippen LogP contribution in [0.5, 0.6) is 0 Å². The normalized spacial score (nSPS) is 12.4. The van der Waals surface area contributed by atoms with Gasteiger partial charge in [-0.2, -0.15) is 0 Å². The maximum absolute atomic E-state index is 11.1. The third-order valence-corrected chi connectivity index (χ3v) is 2.47. The molecule has 16 heavy (non-hydrogen) atoms. The largest absolute Gasteiger partial charge is 0.366 e. The third kappa shape index (κ3) is 3.30. The van der Waals surface area contributed by atoms with E-state index in [9.17, 15) is 4.79 Å². The van der Waals surface area contributed by atoms with Gasteiger partial charge in [-0.25, -0.2) is 0 Å². The highest BCUT2D eigenvalue weighted by Gasteiger charge is 2.13. The number of carbonyl (C=O) groups is 1. The van der Waals surface area contributed by atoms with Gasteiger partial charge in [-0.15, -0.1) is 0 Å². The molecular formula is C11H14BrNO3. The lowest BCUT2D eigenvalue weighted by Gasteiger charge is -2.16. The Balaban J connectivity index is 3.07. The second kappa shape index (κ2) is 5.98. The van der Waals surface area contributed by atoms with E-state index < -0.39 is 12.2 Å². The first-order valence-electron chi connectivity index (χ1n) is 4.83. The van der Waals surface area contributed by atoms with Crippen molar-refractivity contribution in [3.63, 3.8) is 0 Å². The van der Waals surface area contributed by atoms with Crippen LogP contribution >= 0.6 is 15.9 Å². The second-order valence-electron chi connectivity index (χ2n) is 3.16. The summed E-state index contributed by atoms with van der Waals surface area (Å²) < 4.78 is 11.3. The van der Waals surface area contributed by atoms with E-state index in [0.29, 0.717) is 12.2 Å². The molecule has 1 aromatic rings. The average Bonchev–Trinajstić information content (AvgIpc) is 2.24. The molecule has 0 aliphatic heterocycles. The number of hydrogen-bond acceptors (Lipinski definition) is 3. The maximum Gasteiger partial charge on any atom is 0.248 e. The number of amides is 1. The molecule has 0 fully saturated rings. The molecule has 0 bridgehead atoms. The Morgan fingerprint density at radius 2 is 2.19 bits per heavy atom. The van der Waals surface area contributed by atoms with Gasteiger partial charge in [-0.05, 0) is 25.1 Å². The summed E-state index contributed by atoms with van der Waals surface area (Å²) in [5, 5.41) is 0. The quantitative estimate of drug-likeness (QED) is 0.845. The van der Waals surface area contributed by atoms with Gasteiger partial charge in [0.05, 0.1) is 0 Å². The van der Waals surface area contributed by atoms with Crippen LogP contribution < -0.4 is 5.73 Å². The zero-order valence-corrected chi connectivity index (χ0v) is 10.8. The molecule has 0 radical (unpaired) electrons. The van der Waals surface area contributed by atoms with E-state index >= 15 is 0 Å². The van der Waals surface area contributed by atoms with Gasteiger partial charge < -0.3 is 15.2 Å². The van der Waals surface area contributed by atoms with Gasteiger partial charge in [0.1, 0.15) is 0 Å². The van der Waals surface area contributed by atoms with Crippen LogP contribution in [0.25, 0.3) is 0 Å². The number of benzene rings is 1. The predicted molar refractivity (Wildman–Crippen MR) is 64.0 cm³/mol. The Bertz CT molecular complexity index is 381. The summed E-state index contributed by atoms with van der Waals surface area (Å²) in [6.07, 6.45) is -0.486. The van der Waals surface area contributed by atoms with E-state index in [2.05, 4.69) is 15.9 Å². The average molecular weight is 288 g/mol. The number of nitrogens with two attached hydrogens (primary N) is 1. The number of hydrogen-bond donors (Lipinski definition) is 1. The maximum atomic E-state index is 11.1. The fourth-order valence-electron chi connectivity index (χ4n) is 1.34. The molecule has 5 heteroatoms. The molecule has 88 valence electrons. The second-order valence-corrected chi connectivity index (χ2v) is 4.08. The Morgan fingerprint density at radius 1 is 1.50 bits per heavy atom. The Labute approximate surface area is 103 Å². The lowest BCUT2D eigenvalue weighted by atomic mass is 10.1. The zero-order valence-electron chi connectivity index (χ0n) is 9.20. The van der Waals surface area contributed by atoms with E-state index in [1.54, 1.807) is 19.2 Å². The van der Waals surface area contributed by atoms with Crippen molar-refractivity contribution in [1.82, 2.24) is 0 Å². The van der Waals surface area contributed by atoms with Crippen LogP contribution in [0.3, 0.4) is 0 Å². The monoisotopic (exact) mass is 287 g/mol. The molecule has 1 unspecified atom stereocenters. The Hall–Kier alpha value is -0.910.